The minimum absolute atomic E-state index is 0.00461. The molecule has 0 N–H and O–H groups in total. The maximum absolute atomic E-state index is 12.7. The number of carbonyl (C=O) groups is 1. The van der Waals surface area contributed by atoms with Gasteiger partial charge in [-0.25, -0.2) is 4.52 Å². The lowest BCUT2D eigenvalue weighted by molar-refractivity contribution is -0.0335. The third-order valence-corrected chi connectivity index (χ3v) is 3.71. The van der Waals surface area contributed by atoms with Crippen LogP contribution in [0.3, 0.4) is 0 Å². The number of fused-ring (bicyclic) bond motifs is 1. The molecule has 112 valence electrons. The summed E-state index contributed by atoms with van der Waals surface area (Å²) in [5.41, 5.74) is 1.51. The predicted molar refractivity (Wildman–Crippen MR) is 77.3 cm³/mol. The largest absolute Gasteiger partial charge is 0.385 e. The minimum Gasteiger partial charge on any atom is -0.385 e. The van der Waals surface area contributed by atoms with Crippen LogP contribution in [0.1, 0.15) is 16.9 Å². The fourth-order valence-electron chi connectivity index (χ4n) is 2.60. The summed E-state index contributed by atoms with van der Waals surface area (Å²) in [7, 11) is 1.67. The van der Waals surface area contributed by atoms with E-state index in [0.717, 1.165) is 11.9 Å². The molecule has 1 aliphatic rings. The van der Waals surface area contributed by atoms with Crippen molar-refractivity contribution in [3.8, 4) is 0 Å². The first-order chi connectivity index (χ1) is 10.3. The molecule has 1 aliphatic heterocycles. The Bertz CT molecular complexity index is 625. The number of hydrogen-bond acceptors (Lipinski definition) is 4. The minimum atomic E-state index is -0.00461. The molecule has 0 aliphatic carbocycles. The summed E-state index contributed by atoms with van der Waals surface area (Å²) in [5.74, 6) is -0.00461. The number of pyridine rings is 1. The normalized spacial score (nSPS) is 19.1. The standard InChI is InChI=1S/C15H19N3O3/c1-20-9-6-13-11-17(8-10-21-13)15(19)14-4-2-3-12-5-7-16-18(12)14/h2-5,7,13H,6,8-11H2,1H3. The zero-order chi connectivity index (χ0) is 14.7. The third-order valence-electron chi connectivity index (χ3n) is 3.71. The molecule has 0 aromatic carbocycles. The van der Waals surface area contributed by atoms with E-state index in [1.54, 1.807) is 17.8 Å². The first-order valence-electron chi connectivity index (χ1n) is 7.12. The highest BCUT2D eigenvalue weighted by atomic mass is 16.5. The number of amides is 1. The highest BCUT2D eigenvalue weighted by Gasteiger charge is 2.26. The van der Waals surface area contributed by atoms with Gasteiger partial charge in [0, 0.05) is 26.8 Å². The van der Waals surface area contributed by atoms with Crippen molar-refractivity contribution in [1.82, 2.24) is 14.5 Å². The maximum atomic E-state index is 12.7. The number of methoxy groups -OCH3 is 1. The lowest BCUT2D eigenvalue weighted by Crippen LogP contribution is -2.46. The molecule has 1 fully saturated rings. The van der Waals surface area contributed by atoms with Gasteiger partial charge in [-0.3, -0.25) is 4.79 Å². The van der Waals surface area contributed by atoms with Crippen molar-refractivity contribution in [1.29, 1.82) is 0 Å². The van der Waals surface area contributed by atoms with Crippen LogP contribution in [-0.4, -0.2) is 59.9 Å². The molecular weight excluding hydrogens is 270 g/mol. The number of rotatable bonds is 4. The highest BCUT2D eigenvalue weighted by Crippen LogP contribution is 2.14. The molecule has 0 radical (unpaired) electrons. The van der Waals surface area contributed by atoms with Gasteiger partial charge < -0.3 is 14.4 Å². The van der Waals surface area contributed by atoms with Crippen LogP contribution >= 0.6 is 0 Å². The van der Waals surface area contributed by atoms with Gasteiger partial charge in [0.2, 0.25) is 0 Å². The second-order valence-corrected chi connectivity index (χ2v) is 5.10. The third kappa shape index (κ3) is 2.91. The molecule has 1 atom stereocenters. The van der Waals surface area contributed by atoms with E-state index >= 15 is 0 Å². The molecule has 0 saturated carbocycles. The number of nitrogens with zero attached hydrogens (tertiary/aromatic N) is 3. The predicted octanol–water partition coefficient (Wildman–Crippen LogP) is 1.21. The summed E-state index contributed by atoms with van der Waals surface area (Å²) in [6.45, 7) is 2.41. The van der Waals surface area contributed by atoms with Crippen molar-refractivity contribution >= 4 is 11.4 Å². The van der Waals surface area contributed by atoms with Crippen LogP contribution in [0.4, 0.5) is 0 Å². The molecule has 2 aromatic rings. The molecular formula is C15H19N3O3. The first-order valence-corrected chi connectivity index (χ1v) is 7.12. The van der Waals surface area contributed by atoms with Crippen molar-refractivity contribution in [2.45, 2.75) is 12.5 Å². The Kier molecular flexibility index (Phi) is 4.17. The SMILES string of the molecule is COCCC1CN(C(=O)c2cccc3ccnn23)CCO1. The Morgan fingerprint density at radius 1 is 1.48 bits per heavy atom. The Morgan fingerprint density at radius 3 is 3.24 bits per heavy atom. The van der Waals surface area contributed by atoms with Crippen molar-refractivity contribution in [3.05, 3.63) is 36.2 Å². The lowest BCUT2D eigenvalue weighted by Gasteiger charge is -2.33. The first kappa shape index (κ1) is 14.0. The van der Waals surface area contributed by atoms with Gasteiger partial charge in [0.05, 0.1) is 24.4 Å². The van der Waals surface area contributed by atoms with Crippen LogP contribution in [0.25, 0.3) is 5.52 Å². The molecule has 2 aromatic heterocycles. The van der Waals surface area contributed by atoms with Crippen LogP contribution in [-0.2, 0) is 9.47 Å². The zero-order valence-corrected chi connectivity index (χ0v) is 12.1. The van der Waals surface area contributed by atoms with Crippen LogP contribution < -0.4 is 0 Å². The molecule has 1 unspecified atom stereocenters. The lowest BCUT2D eigenvalue weighted by atomic mass is 10.2. The Balaban J connectivity index is 1.76. The second kappa shape index (κ2) is 6.24. The van der Waals surface area contributed by atoms with Gasteiger partial charge in [0.1, 0.15) is 5.69 Å². The van der Waals surface area contributed by atoms with E-state index in [4.69, 9.17) is 9.47 Å². The summed E-state index contributed by atoms with van der Waals surface area (Å²) in [5, 5.41) is 4.22. The van der Waals surface area contributed by atoms with Gasteiger partial charge in [-0.15, -0.1) is 0 Å². The molecule has 6 heteroatoms. The highest BCUT2D eigenvalue weighted by molar-refractivity contribution is 5.93. The molecule has 6 nitrogen and oxygen atoms in total. The Labute approximate surface area is 123 Å². The summed E-state index contributed by atoms with van der Waals surface area (Å²) in [6.07, 6.45) is 2.54. The van der Waals surface area contributed by atoms with E-state index in [-0.39, 0.29) is 12.0 Å². The Morgan fingerprint density at radius 2 is 2.38 bits per heavy atom. The summed E-state index contributed by atoms with van der Waals surface area (Å²) >= 11 is 0. The fraction of sp³-hybridized carbons (Fsp3) is 0.467. The van der Waals surface area contributed by atoms with Gasteiger partial charge in [-0.2, -0.15) is 5.10 Å². The van der Waals surface area contributed by atoms with Crippen molar-refractivity contribution in [2.24, 2.45) is 0 Å². The van der Waals surface area contributed by atoms with E-state index in [2.05, 4.69) is 5.10 Å². The molecule has 3 heterocycles. The second-order valence-electron chi connectivity index (χ2n) is 5.10. The Hall–Kier alpha value is -1.92. The quantitative estimate of drug-likeness (QED) is 0.849. The van der Waals surface area contributed by atoms with Gasteiger partial charge >= 0.3 is 0 Å². The number of aromatic nitrogens is 2. The molecule has 1 saturated heterocycles. The molecule has 21 heavy (non-hydrogen) atoms. The number of morpholine rings is 1. The topological polar surface area (TPSA) is 56.1 Å². The average Bonchev–Trinajstić information content (AvgIpc) is 3.01. The summed E-state index contributed by atoms with van der Waals surface area (Å²) < 4.78 is 12.4. The van der Waals surface area contributed by atoms with Crippen molar-refractivity contribution in [2.75, 3.05) is 33.4 Å². The molecule has 0 bridgehead atoms. The molecule has 3 rings (SSSR count). The summed E-state index contributed by atoms with van der Waals surface area (Å²) in [4.78, 5) is 14.5. The summed E-state index contributed by atoms with van der Waals surface area (Å²) in [6, 6.07) is 7.51. The fourth-order valence-corrected chi connectivity index (χ4v) is 2.60. The smallest absolute Gasteiger partial charge is 0.272 e. The average molecular weight is 289 g/mol. The maximum Gasteiger partial charge on any atom is 0.272 e. The van der Waals surface area contributed by atoms with Gasteiger partial charge in [-0.05, 0) is 24.6 Å². The number of ether oxygens (including phenoxy) is 2. The van der Waals surface area contributed by atoms with Crippen LogP contribution in [0.2, 0.25) is 0 Å². The van der Waals surface area contributed by atoms with E-state index in [0.29, 0.717) is 32.0 Å². The van der Waals surface area contributed by atoms with Crippen LogP contribution in [0.15, 0.2) is 30.5 Å². The number of hydrogen-bond donors (Lipinski definition) is 0. The van der Waals surface area contributed by atoms with Gasteiger partial charge in [0.25, 0.3) is 5.91 Å². The van der Waals surface area contributed by atoms with Crippen LogP contribution in [0, 0.1) is 0 Å². The van der Waals surface area contributed by atoms with E-state index in [9.17, 15) is 4.79 Å². The van der Waals surface area contributed by atoms with Crippen molar-refractivity contribution in [3.63, 3.8) is 0 Å². The van der Waals surface area contributed by atoms with E-state index < -0.39 is 0 Å². The van der Waals surface area contributed by atoms with E-state index in [1.165, 1.54) is 0 Å². The van der Waals surface area contributed by atoms with Gasteiger partial charge in [-0.1, -0.05) is 6.07 Å². The molecule has 0 spiro atoms. The van der Waals surface area contributed by atoms with E-state index in [1.807, 2.05) is 29.2 Å². The van der Waals surface area contributed by atoms with Crippen molar-refractivity contribution < 1.29 is 14.3 Å². The number of carbonyl (C=O) groups excluding carboxylic acids is 1. The molecule has 1 amide bonds. The van der Waals surface area contributed by atoms with Gasteiger partial charge in [0.15, 0.2) is 0 Å². The monoisotopic (exact) mass is 289 g/mol. The van der Waals surface area contributed by atoms with Crippen LogP contribution in [0.5, 0.6) is 0 Å². The zero-order valence-electron chi connectivity index (χ0n) is 12.1.